The maximum absolute atomic E-state index is 10.2. The summed E-state index contributed by atoms with van der Waals surface area (Å²) in [6.07, 6.45) is 9.73. The first kappa shape index (κ1) is 17.8. The summed E-state index contributed by atoms with van der Waals surface area (Å²) in [6.45, 7) is 3.43. The molecule has 2 N–H and O–H groups in total. The van der Waals surface area contributed by atoms with Gasteiger partial charge in [-0.05, 0) is 49.8 Å². The van der Waals surface area contributed by atoms with Crippen molar-refractivity contribution in [1.82, 2.24) is 24.9 Å². The SMILES string of the molecule is Cc1cc2c(-c3nc(N4CCC(O)C4)c4c(C5CCC5)cncc4n3)ccnc2[nH]1. The van der Waals surface area contributed by atoms with E-state index in [0.29, 0.717) is 18.3 Å². The molecule has 1 saturated heterocycles. The van der Waals surface area contributed by atoms with Crippen LogP contribution in [0.25, 0.3) is 33.3 Å². The van der Waals surface area contributed by atoms with Crippen LogP contribution in [0.1, 0.15) is 42.9 Å². The molecule has 7 nitrogen and oxygen atoms in total. The zero-order valence-corrected chi connectivity index (χ0v) is 17.0. The lowest BCUT2D eigenvalue weighted by Gasteiger charge is -2.28. The molecule has 1 atom stereocenters. The predicted octanol–water partition coefficient (Wildman–Crippen LogP) is 3.72. The van der Waals surface area contributed by atoms with E-state index in [-0.39, 0.29) is 6.10 Å². The third-order valence-electron chi connectivity index (χ3n) is 6.53. The second-order valence-electron chi connectivity index (χ2n) is 8.58. The fraction of sp³-hybridized carbons (Fsp3) is 0.391. The monoisotopic (exact) mass is 400 g/mol. The summed E-state index contributed by atoms with van der Waals surface area (Å²) in [5.41, 5.74) is 4.98. The first-order chi connectivity index (χ1) is 14.7. The largest absolute Gasteiger partial charge is 0.391 e. The molecule has 0 bridgehead atoms. The lowest BCUT2D eigenvalue weighted by molar-refractivity contribution is 0.198. The number of pyridine rings is 2. The maximum atomic E-state index is 10.2. The normalized spacial score (nSPS) is 19.7. The highest BCUT2D eigenvalue weighted by Crippen LogP contribution is 2.42. The van der Waals surface area contributed by atoms with Crippen LogP contribution in [0.2, 0.25) is 0 Å². The van der Waals surface area contributed by atoms with Crippen molar-refractivity contribution < 1.29 is 5.11 Å². The topological polar surface area (TPSA) is 90.8 Å². The number of aliphatic hydroxyl groups excluding tert-OH is 1. The number of aromatic nitrogens is 5. The molecule has 1 aliphatic heterocycles. The van der Waals surface area contributed by atoms with Crippen molar-refractivity contribution in [2.45, 2.75) is 44.6 Å². The molecular formula is C23H24N6O. The van der Waals surface area contributed by atoms with Gasteiger partial charge in [-0.15, -0.1) is 0 Å². The van der Waals surface area contributed by atoms with E-state index in [9.17, 15) is 5.11 Å². The Morgan fingerprint density at radius 2 is 2.07 bits per heavy atom. The molecule has 7 heteroatoms. The van der Waals surface area contributed by atoms with Crippen LogP contribution < -0.4 is 4.90 Å². The number of hydrogen-bond donors (Lipinski definition) is 2. The third-order valence-corrected chi connectivity index (χ3v) is 6.53. The first-order valence-corrected chi connectivity index (χ1v) is 10.7. The van der Waals surface area contributed by atoms with E-state index in [1.54, 1.807) is 6.20 Å². The van der Waals surface area contributed by atoms with Crippen molar-refractivity contribution in [1.29, 1.82) is 0 Å². The fourth-order valence-electron chi connectivity index (χ4n) is 4.75. The minimum atomic E-state index is -0.313. The van der Waals surface area contributed by atoms with Crippen LogP contribution in [0.15, 0.2) is 30.7 Å². The van der Waals surface area contributed by atoms with Gasteiger partial charge in [-0.3, -0.25) is 4.98 Å². The van der Waals surface area contributed by atoms with Gasteiger partial charge in [0.25, 0.3) is 0 Å². The van der Waals surface area contributed by atoms with E-state index in [0.717, 1.165) is 52.0 Å². The Balaban J connectivity index is 1.61. The molecule has 6 rings (SSSR count). The van der Waals surface area contributed by atoms with Gasteiger partial charge in [0.2, 0.25) is 0 Å². The summed E-state index contributed by atoms with van der Waals surface area (Å²) in [7, 11) is 0. The second kappa shape index (κ2) is 6.74. The van der Waals surface area contributed by atoms with Crippen LogP contribution in [0, 0.1) is 6.92 Å². The molecule has 4 aromatic heterocycles. The number of fused-ring (bicyclic) bond motifs is 2. The van der Waals surface area contributed by atoms with Gasteiger partial charge in [-0.1, -0.05) is 6.42 Å². The standard InChI is InChI=1S/C23H24N6O/c1-13-9-17-16(5-7-25-21(17)26-13)22-27-19-11-24-10-18(14-3-2-4-14)20(19)23(28-22)29-8-6-15(30)12-29/h5,7,9-11,14-15,30H,2-4,6,8,12H2,1H3,(H,25,26). The van der Waals surface area contributed by atoms with Gasteiger partial charge in [0.1, 0.15) is 11.5 Å². The molecule has 2 fully saturated rings. The van der Waals surface area contributed by atoms with Crippen molar-refractivity contribution >= 4 is 27.8 Å². The van der Waals surface area contributed by atoms with Gasteiger partial charge < -0.3 is 15.0 Å². The molecule has 1 unspecified atom stereocenters. The smallest absolute Gasteiger partial charge is 0.163 e. The number of aryl methyl sites for hydroxylation is 1. The molecule has 5 heterocycles. The van der Waals surface area contributed by atoms with Crippen LogP contribution in [0.4, 0.5) is 5.82 Å². The molecule has 2 aliphatic rings. The van der Waals surface area contributed by atoms with Crippen LogP contribution in [-0.4, -0.2) is 49.2 Å². The zero-order valence-electron chi connectivity index (χ0n) is 17.0. The Morgan fingerprint density at radius 1 is 1.17 bits per heavy atom. The van der Waals surface area contributed by atoms with Crippen molar-refractivity contribution in [3.8, 4) is 11.4 Å². The Hall–Kier alpha value is -3.06. The summed E-state index contributed by atoms with van der Waals surface area (Å²) in [5, 5.41) is 12.3. The molecule has 0 radical (unpaired) electrons. The Morgan fingerprint density at radius 3 is 2.83 bits per heavy atom. The summed E-state index contributed by atoms with van der Waals surface area (Å²) in [6, 6.07) is 4.07. The highest BCUT2D eigenvalue weighted by Gasteiger charge is 2.29. The number of nitrogens with zero attached hydrogens (tertiary/aromatic N) is 5. The van der Waals surface area contributed by atoms with Crippen LogP contribution >= 0.6 is 0 Å². The number of hydrogen-bond acceptors (Lipinski definition) is 6. The molecule has 1 aliphatic carbocycles. The van der Waals surface area contributed by atoms with Crippen molar-refractivity contribution in [2.24, 2.45) is 0 Å². The summed E-state index contributed by atoms with van der Waals surface area (Å²) >= 11 is 0. The second-order valence-corrected chi connectivity index (χ2v) is 8.58. The molecule has 4 aromatic rings. The minimum Gasteiger partial charge on any atom is -0.391 e. The van der Waals surface area contributed by atoms with Crippen molar-refractivity contribution in [3.63, 3.8) is 0 Å². The quantitative estimate of drug-likeness (QED) is 0.545. The number of nitrogens with one attached hydrogen (secondary N) is 1. The van der Waals surface area contributed by atoms with Crippen LogP contribution in [-0.2, 0) is 0 Å². The Bertz CT molecular complexity index is 1260. The number of rotatable bonds is 3. The van der Waals surface area contributed by atoms with Gasteiger partial charge in [0.15, 0.2) is 5.82 Å². The predicted molar refractivity (Wildman–Crippen MR) is 117 cm³/mol. The minimum absolute atomic E-state index is 0.313. The van der Waals surface area contributed by atoms with Crippen LogP contribution in [0.3, 0.4) is 0 Å². The number of β-amino-alcohol motifs (C(OH)–C–C–N with tert-alkyl or cyclic N) is 1. The lowest BCUT2D eigenvalue weighted by Crippen LogP contribution is -2.24. The van der Waals surface area contributed by atoms with Gasteiger partial charge in [0, 0.05) is 47.5 Å². The van der Waals surface area contributed by atoms with Crippen molar-refractivity contribution in [2.75, 3.05) is 18.0 Å². The molecule has 0 aromatic carbocycles. The van der Waals surface area contributed by atoms with Gasteiger partial charge in [0.05, 0.1) is 17.8 Å². The van der Waals surface area contributed by atoms with E-state index in [1.165, 1.54) is 24.8 Å². The average molecular weight is 400 g/mol. The van der Waals surface area contributed by atoms with Crippen LogP contribution in [0.5, 0.6) is 0 Å². The maximum Gasteiger partial charge on any atom is 0.163 e. The third kappa shape index (κ3) is 2.76. The highest BCUT2D eigenvalue weighted by molar-refractivity contribution is 5.97. The van der Waals surface area contributed by atoms with Crippen molar-refractivity contribution in [3.05, 3.63) is 42.0 Å². The fourth-order valence-corrected chi connectivity index (χ4v) is 4.75. The van der Waals surface area contributed by atoms with E-state index in [2.05, 4.69) is 25.9 Å². The average Bonchev–Trinajstić information content (AvgIpc) is 3.30. The number of aromatic amines is 1. The van der Waals surface area contributed by atoms with Gasteiger partial charge in [-0.2, -0.15) is 0 Å². The Labute approximate surface area is 174 Å². The van der Waals surface area contributed by atoms with E-state index in [4.69, 9.17) is 9.97 Å². The lowest BCUT2D eigenvalue weighted by atomic mass is 9.79. The molecule has 30 heavy (non-hydrogen) atoms. The van der Waals surface area contributed by atoms with Gasteiger partial charge >= 0.3 is 0 Å². The Kier molecular flexibility index (Phi) is 3.99. The summed E-state index contributed by atoms with van der Waals surface area (Å²) in [5.74, 6) is 2.13. The molecular weight excluding hydrogens is 376 g/mol. The number of anilines is 1. The number of H-pyrrole nitrogens is 1. The molecule has 1 saturated carbocycles. The molecule has 0 amide bonds. The van der Waals surface area contributed by atoms with E-state index < -0.39 is 0 Å². The molecule has 152 valence electrons. The highest BCUT2D eigenvalue weighted by atomic mass is 16.3. The summed E-state index contributed by atoms with van der Waals surface area (Å²) in [4.78, 5) is 24.5. The van der Waals surface area contributed by atoms with E-state index in [1.807, 2.05) is 25.4 Å². The first-order valence-electron chi connectivity index (χ1n) is 10.7. The van der Waals surface area contributed by atoms with Gasteiger partial charge in [-0.25, -0.2) is 15.0 Å². The zero-order chi connectivity index (χ0) is 20.2. The summed E-state index contributed by atoms with van der Waals surface area (Å²) < 4.78 is 0. The van der Waals surface area contributed by atoms with E-state index >= 15 is 0 Å². The molecule has 0 spiro atoms. The number of aliphatic hydroxyl groups is 1.